The van der Waals surface area contributed by atoms with Gasteiger partial charge in [0.1, 0.15) is 0 Å². The molecule has 1 heteroatoms. The molecular formula is C13H25Si. The van der Waals surface area contributed by atoms with Gasteiger partial charge in [-0.25, -0.2) is 0 Å². The zero-order valence-electron chi connectivity index (χ0n) is 9.51. The fraction of sp³-hybridized carbons (Fsp3) is 1.00. The summed E-state index contributed by atoms with van der Waals surface area (Å²) in [6.45, 7) is 0. The summed E-state index contributed by atoms with van der Waals surface area (Å²) in [6, 6.07) is 0. The van der Waals surface area contributed by atoms with E-state index in [2.05, 4.69) is 10.2 Å². The van der Waals surface area contributed by atoms with Crippen molar-refractivity contribution < 1.29 is 0 Å². The number of hydrogen-bond acceptors (Lipinski definition) is 0. The van der Waals surface area contributed by atoms with Gasteiger partial charge >= 0.3 is 0 Å². The Morgan fingerprint density at radius 3 is 1.36 bits per heavy atom. The van der Waals surface area contributed by atoms with Crippen molar-refractivity contribution in [1.29, 1.82) is 0 Å². The van der Waals surface area contributed by atoms with E-state index in [1.54, 1.807) is 25.7 Å². The van der Waals surface area contributed by atoms with Crippen LogP contribution >= 0.6 is 0 Å². The minimum Gasteiger partial charge on any atom is -0.0533 e. The lowest BCUT2D eigenvalue weighted by Crippen LogP contribution is -2.22. The van der Waals surface area contributed by atoms with Gasteiger partial charge in [0.15, 0.2) is 0 Å². The largest absolute Gasteiger partial charge is 0.0533 e. The second kappa shape index (κ2) is 5.34. The highest BCUT2D eigenvalue weighted by molar-refractivity contribution is 6.12. The summed E-state index contributed by atoms with van der Waals surface area (Å²) >= 11 is 0. The Morgan fingerprint density at radius 1 is 0.643 bits per heavy atom. The van der Waals surface area contributed by atoms with E-state index < -0.39 is 0 Å². The van der Waals surface area contributed by atoms with Crippen LogP contribution in [0.25, 0.3) is 0 Å². The van der Waals surface area contributed by atoms with Crippen LogP contribution in [-0.2, 0) is 0 Å². The van der Waals surface area contributed by atoms with Crippen LogP contribution in [0.3, 0.4) is 0 Å². The molecule has 0 saturated heterocycles. The van der Waals surface area contributed by atoms with Gasteiger partial charge in [0.05, 0.1) is 0 Å². The van der Waals surface area contributed by atoms with Gasteiger partial charge in [0.25, 0.3) is 0 Å². The SMILES string of the molecule is [SiH2]C(C1CCCCC1)C1CCCCC1. The molecule has 0 nitrogen and oxygen atoms in total. The fourth-order valence-corrected chi connectivity index (χ4v) is 4.45. The van der Waals surface area contributed by atoms with E-state index in [9.17, 15) is 0 Å². The van der Waals surface area contributed by atoms with E-state index in [0.717, 1.165) is 17.4 Å². The van der Waals surface area contributed by atoms with E-state index >= 15 is 0 Å². The normalized spacial score (nSPS) is 27.0. The Balaban J connectivity index is 1.82. The molecular weight excluding hydrogens is 184 g/mol. The second-order valence-electron chi connectivity index (χ2n) is 5.46. The fourth-order valence-electron chi connectivity index (χ4n) is 3.51. The van der Waals surface area contributed by atoms with Crippen LogP contribution in [0.1, 0.15) is 64.2 Å². The highest BCUT2D eigenvalue weighted by Crippen LogP contribution is 2.41. The van der Waals surface area contributed by atoms with E-state index in [0.29, 0.717) is 0 Å². The molecule has 0 unspecified atom stereocenters. The highest BCUT2D eigenvalue weighted by Gasteiger charge is 2.27. The van der Waals surface area contributed by atoms with Gasteiger partial charge in [-0.15, -0.1) is 0 Å². The molecule has 0 heterocycles. The molecule has 0 spiro atoms. The van der Waals surface area contributed by atoms with Crippen molar-refractivity contribution >= 4 is 10.2 Å². The lowest BCUT2D eigenvalue weighted by atomic mass is 9.77. The molecule has 0 aromatic carbocycles. The average Bonchev–Trinajstić information content (AvgIpc) is 2.30. The highest BCUT2D eigenvalue weighted by atomic mass is 28.1. The summed E-state index contributed by atoms with van der Waals surface area (Å²) in [6.07, 6.45) is 15.3. The summed E-state index contributed by atoms with van der Waals surface area (Å²) in [7, 11) is 2.33. The van der Waals surface area contributed by atoms with Gasteiger partial charge in [-0.05, 0) is 17.4 Å². The summed E-state index contributed by atoms with van der Waals surface area (Å²) in [5.41, 5.74) is 1.07. The Bertz CT molecular complexity index is 137. The molecule has 0 aromatic rings. The molecule has 0 aromatic heterocycles. The van der Waals surface area contributed by atoms with Crippen LogP contribution in [0, 0.1) is 11.8 Å². The minimum atomic E-state index is 1.07. The standard InChI is InChI=1S/C13H25Si/c14-13(11-7-3-1-4-8-11)12-9-5-2-6-10-12/h11-13H,1-10,14H2. The van der Waals surface area contributed by atoms with Gasteiger partial charge in [-0.1, -0.05) is 64.2 Å². The summed E-state index contributed by atoms with van der Waals surface area (Å²) in [5.74, 6) is 2.20. The zero-order valence-corrected chi connectivity index (χ0v) is 10.9. The van der Waals surface area contributed by atoms with Gasteiger partial charge in [-0.3, -0.25) is 0 Å². The molecule has 2 fully saturated rings. The topological polar surface area (TPSA) is 0 Å². The third-order valence-corrected chi connectivity index (χ3v) is 5.84. The van der Waals surface area contributed by atoms with E-state index in [1.165, 1.54) is 38.5 Å². The maximum absolute atomic E-state index is 2.33. The predicted molar refractivity (Wildman–Crippen MR) is 65.4 cm³/mol. The van der Waals surface area contributed by atoms with Crippen molar-refractivity contribution in [3.05, 3.63) is 0 Å². The molecule has 0 amide bonds. The molecule has 2 saturated carbocycles. The van der Waals surface area contributed by atoms with Crippen molar-refractivity contribution in [2.75, 3.05) is 0 Å². The van der Waals surface area contributed by atoms with Crippen LogP contribution in [0.2, 0.25) is 5.54 Å². The molecule has 2 rings (SSSR count). The second-order valence-corrected chi connectivity index (χ2v) is 6.40. The summed E-state index contributed by atoms with van der Waals surface area (Å²) < 4.78 is 0. The smallest absolute Gasteiger partial charge is 0.0128 e. The number of hydrogen-bond donors (Lipinski definition) is 0. The monoisotopic (exact) mass is 209 g/mol. The molecule has 0 bridgehead atoms. The third kappa shape index (κ3) is 2.62. The Labute approximate surface area is 92.3 Å². The van der Waals surface area contributed by atoms with E-state index in [1.807, 2.05) is 0 Å². The Morgan fingerprint density at radius 2 is 1.00 bits per heavy atom. The summed E-state index contributed by atoms with van der Waals surface area (Å²) in [5, 5.41) is 0. The predicted octanol–water partition coefficient (Wildman–Crippen LogP) is 3.57. The average molecular weight is 209 g/mol. The van der Waals surface area contributed by atoms with Gasteiger partial charge in [-0.2, -0.15) is 0 Å². The maximum Gasteiger partial charge on any atom is 0.0128 e. The van der Waals surface area contributed by atoms with Crippen molar-refractivity contribution in [3.63, 3.8) is 0 Å². The van der Waals surface area contributed by atoms with Crippen LogP contribution in [0.5, 0.6) is 0 Å². The van der Waals surface area contributed by atoms with Crippen molar-refractivity contribution in [1.82, 2.24) is 0 Å². The quantitative estimate of drug-likeness (QED) is 0.610. The van der Waals surface area contributed by atoms with Crippen molar-refractivity contribution in [3.8, 4) is 0 Å². The van der Waals surface area contributed by atoms with Gasteiger partial charge in [0.2, 0.25) is 0 Å². The van der Waals surface area contributed by atoms with Crippen LogP contribution in [-0.4, -0.2) is 10.2 Å². The summed E-state index contributed by atoms with van der Waals surface area (Å²) in [4.78, 5) is 0. The molecule has 2 aliphatic carbocycles. The third-order valence-electron chi connectivity index (χ3n) is 4.51. The first-order chi connectivity index (χ1) is 6.88. The van der Waals surface area contributed by atoms with Gasteiger partial charge < -0.3 is 0 Å². The minimum absolute atomic E-state index is 1.07. The Hall–Kier alpha value is 0.217. The maximum atomic E-state index is 2.33. The van der Waals surface area contributed by atoms with Crippen molar-refractivity contribution in [2.24, 2.45) is 11.8 Å². The first-order valence-electron chi connectivity index (χ1n) is 6.71. The molecule has 14 heavy (non-hydrogen) atoms. The van der Waals surface area contributed by atoms with Crippen LogP contribution in [0.15, 0.2) is 0 Å². The van der Waals surface area contributed by atoms with E-state index in [-0.39, 0.29) is 0 Å². The molecule has 0 aliphatic heterocycles. The molecule has 81 valence electrons. The van der Waals surface area contributed by atoms with Crippen LogP contribution in [0.4, 0.5) is 0 Å². The van der Waals surface area contributed by atoms with Crippen LogP contribution < -0.4 is 0 Å². The molecule has 2 aliphatic rings. The zero-order chi connectivity index (χ0) is 9.80. The van der Waals surface area contributed by atoms with E-state index in [4.69, 9.17) is 0 Å². The lowest BCUT2D eigenvalue weighted by Gasteiger charge is -2.35. The Kier molecular flexibility index (Phi) is 4.09. The first-order valence-corrected chi connectivity index (χ1v) is 7.52. The number of rotatable bonds is 2. The lowest BCUT2D eigenvalue weighted by molar-refractivity contribution is 0.246. The first kappa shape index (κ1) is 10.7. The molecule has 0 atom stereocenters. The molecule has 0 N–H and O–H groups in total. The molecule has 1 radical (unpaired) electrons. The van der Waals surface area contributed by atoms with Crippen molar-refractivity contribution in [2.45, 2.75) is 69.7 Å². The van der Waals surface area contributed by atoms with Gasteiger partial charge in [0, 0.05) is 10.2 Å².